The van der Waals surface area contributed by atoms with E-state index >= 15 is 0 Å². The van der Waals surface area contributed by atoms with Crippen LogP contribution in [0.4, 0.5) is 0 Å². The molecular weight excluding hydrogens is 362 g/mol. The van der Waals surface area contributed by atoms with Gasteiger partial charge in [-0.25, -0.2) is 4.79 Å². The van der Waals surface area contributed by atoms with Gasteiger partial charge in [-0.05, 0) is 54.7 Å². The molecule has 4 nitrogen and oxygen atoms in total. The molecule has 1 aliphatic carbocycles. The molecule has 0 unspecified atom stereocenters. The molecule has 146 valence electrons. The van der Waals surface area contributed by atoms with Gasteiger partial charge in [0.05, 0.1) is 18.4 Å². The van der Waals surface area contributed by atoms with Gasteiger partial charge in [0.2, 0.25) is 0 Å². The first-order valence-corrected chi connectivity index (χ1v) is 9.71. The van der Waals surface area contributed by atoms with Gasteiger partial charge < -0.3 is 9.57 Å². The van der Waals surface area contributed by atoms with Crippen LogP contribution in [0.3, 0.4) is 0 Å². The predicted octanol–water partition coefficient (Wildman–Crippen LogP) is 5.37. The number of carbonyl (C=O) groups is 1. The van der Waals surface area contributed by atoms with Crippen LogP contribution in [0.2, 0.25) is 0 Å². The minimum absolute atomic E-state index is 0.219. The molecule has 29 heavy (non-hydrogen) atoms. The standard InChI is InChI=1S/C25H23NO3/c1-17-8-10-20(11-9-17)25(27)29-26-24(19-6-4-3-5-7-19)23-16-22(23)18-12-14-21(28-2)15-13-18/h3-15,22-23H,16H2,1-2H3/b26-24-/t22-,23-/m0/s1. The first-order chi connectivity index (χ1) is 14.2. The average molecular weight is 385 g/mol. The molecule has 0 bridgehead atoms. The number of benzene rings is 3. The lowest BCUT2D eigenvalue weighted by molar-refractivity contribution is 0.0515. The van der Waals surface area contributed by atoms with Crippen LogP contribution in [0.15, 0.2) is 84.0 Å². The minimum Gasteiger partial charge on any atom is -0.497 e. The third-order valence-electron chi connectivity index (χ3n) is 5.27. The maximum Gasteiger partial charge on any atom is 0.365 e. The van der Waals surface area contributed by atoms with Crippen molar-refractivity contribution in [3.63, 3.8) is 0 Å². The Balaban J connectivity index is 1.55. The Morgan fingerprint density at radius 2 is 1.59 bits per heavy atom. The summed E-state index contributed by atoms with van der Waals surface area (Å²) in [5.41, 5.74) is 4.62. The van der Waals surface area contributed by atoms with E-state index < -0.39 is 5.97 Å². The summed E-state index contributed by atoms with van der Waals surface area (Å²) in [4.78, 5) is 17.7. The zero-order valence-corrected chi connectivity index (χ0v) is 16.5. The largest absolute Gasteiger partial charge is 0.497 e. The normalized spacial score (nSPS) is 18.2. The van der Waals surface area contributed by atoms with Crippen LogP contribution in [0.5, 0.6) is 5.75 Å². The molecule has 3 aromatic rings. The molecule has 0 aromatic heterocycles. The number of methoxy groups -OCH3 is 1. The monoisotopic (exact) mass is 385 g/mol. The highest BCUT2D eigenvalue weighted by Crippen LogP contribution is 2.49. The van der Waals surface area contributed by atoms with Crippen LogP contribution < -0.4 is 4.74 Å². The van der Waals surface area contributed by atoms with Crippen LogP contribution >= 0.6 is 0 Å². The van der Waals surface area contributed by atoms with E-state index in [-0.39, 0.29) is 5.92 Å². The van der Waals surface area contributed by atoms with Crippen LogP contribution in [-0.4, -0.2) is 18.8 Å². The third kappa shape index (κ3) is 4.37. The van der Waals surface area contributed by atoms with Crippen molar-refractivity contribution in [2.75, 3.05) is 7.11 Å². The summed E-state index contributed by atoms with van der Waals surface area (Å²) in [5.74, 6) is 0.976. The molecule has 1 saturated carbocycles. The second kappa shape index (κ2) is 8.31. The molecule has 0 amide bonds. The molecular formula is C25H23NO3. The quantitative estimate of drug-likeness (QED) is 0.326. The van der Waals surface area contributed by atoms with Crippen molar-refractivity contribution >= 4 is 11.7 Å². The molecule has 0 N–H and O–H groups in total. The van der Waals surface area contributed by atoms with Gasteiger partial charge in [-0.3, -0.25) is 0 Å². The fraction of sp³-hybridized carbons (Fsp3) is 0.200. The summed E-state index contributed by atoms with van der Waals surface area (Å²) in [6, 6.07) is 25.3. The van der Waals surface area contributed by atoms with E-state index in [0.717, 1.165) is 29.0 Å². The van der Waals surface area contributed by atoms with Crippen molar-refractivity contribution in [2.24, 2.45) is 11.1 Å². The van der Waals surface area contributed by atoms with Crippen molar-refractivity contribution in [3.8, 4) is 5.75 Å². The predicted molar refractivity (Wildman–Crippen MR) is 113 cm³/mol. The Kier molecular flexibility index (Phi) is 5.43. The fourth-order valence-electron chi connectivity index (χ4n) is 3.49. The summed E-state index contributed by atoms with van der Waals surface area (Å²) in [7, 11) is 1.66. The van der Waals surface area contributed by atoms with Crippen LogP contribution in [0.1, 0.15) is 39.4 Å². The molecule has 1 aliphatic rings. The summed E-state index contributed by atoms with van der Waals surface area (Å²) in [6.45, 7) is 1.98. The molecule has 1 fully saturated rings. The lowest BCUT2D eigenvalue weighted by Gasteiger charge is -2.07. The van der Waals surface area contributed by atoms with Gasteiger partial charge in [0.1, 0.15) is 5.75 Å². The molecule has 2 atom stereocenters. The molecule has 0 spiro atoms. The van der Waals surface area contributed by atoms with Crippen LogP contribution in [0, 0.1) is 12.8 Å². The fourth-order valence-corrected chi connectivity index (χ4v) is 3.49. The Labute approximate surface area is 170 Å². The van der Waals surface area contributed by atoms with Gasteiger partial charge in [0.15, 0.2) is 0 Å². The maximum absolute atomic E-state index is 12.4. The second-order valence-corrected chi connectivity index (χ2v) is 7.31. The van der Waals surface area contributed by atoms with E-state index in [1.807, 2.05) is 61.5 Å². The van der Waals surface area contributed by atoms with Gasteiger partial charge in [0.25, 0.3) is 0 Å². The van der Waals surface area contributed by atoms with Gasteiger partial charge in [0, 0.05) is 5.92 Å². The SMILES string of the molecule is COc1ccc([C@@H]2C[C@@H]2/C(=N\OC(=O)c2ccc(C)cc2)c2ccccc2)cc1. The molecule has 4 heteroatoms. The number of carbonyl (C=O) groups excluding carboxylic acids is 1. The van der Waals surface area contributed by atoms with Crippen molar-refractivity contribution in [2.45, 2.75) is 19.3 Å². The minimum atomic E-state index is -0.444. The summed E-state index contributed by atoms with van der Waals surface area (Å²) < 4.78 is 5.25. The van der Waals surface area contributed by atoms with Crippen molar-refractivity contribution in [3.05, 3.63) is 101 Å². The smallest absolute Gasteiger partial charge is 0.365 e. The van der Waals surface area contributed by atoms with Gasteiger partial charge in [-0.2, -0.15) is 0 Å². The molecule has 0 heterocycles. The number of hydrogen-bond donors (Lipinski definition) is 0. The van der Waals surface area contributed by atoms with E-state index in [9.17, 15) is 4.79 Å². The van der Waals surface area contributed by atoms with Crippen LogP contribution in [-0.2, 0) is 4.84 Å². The van der Waals surface area contributed by atoms with Gasteiger partial charge in [-0.15, -0.1) is 0 Å². The molecule has 4 rings (SSSR count). The lowest BCUT2D eigenvalue weighted by Crippen LogP contribution is -2.09. The van der Waals surface area contributed by atoms with E-state index in [1.54, 1.807) is 19.2 Å². The topological polar surface area (TPSA) is 47.9 Å². The highest BCUT2D eigenvalue weighted by molar-refractivity contribution is 6.04. The summed E-state index contributed by atoms with van der Waals surface area (Å²) in [6.07, 6.45) is 0.974. The first-order valence-electron chi connectivity index (χ1n) is 9.71. The lowest BCUT2D eigenvalue weighted by atomic mass is 10.0. The molecule has 0 radical (unpaired) electrons. The van der Waals surface area contributed by atoms with E-state index in [2.05, 4.69) is 17.3 Å². The highest BCUT2D eigenvalue weighted by Gasteiger charge is 2.43. The maximum atomic E-state index is 12.4. The Bertz CT molecular complexity index is 1010. The number of nitrogens with zero attached hydrogens (tertiary/aromatic N) is 1. The van der Waals surface area contributed by atoms with E-state index in [1.165, 1.54) is 5.56 Å². The zero-order chi connectivity index (χ0) is 20.2. The Morgan fingerprint density at radius 3 is 2.24 bits per heavy atom. The zero-order valence-electron chi connectivity index (χ0n) is 16.5. The molecule has 0 aliphatic heterocycles. The third-order valence-corrected chi connectivity index (χ3v) is 5.27. The van der Waals surface area contributed by atoms with Gasteiger partial charge >= 0.3 is 5.97 Å². The van der Waals surface area contributed by atoms with Gasteiger partial charge in [-0.1, -0.05) is 65.3 Å². The van der Waals surface area contributed by atoms with Crippen LogP contribution in [0.25, 0.3) is 0 Å². The Hall–Kier alpha value is -3.40. The molecule has 0 saturated heterocycles. The van der Waals surface area contributed by atoms with E-state index in [4.69, 9.17) is 9.57 Å². The number of aryl methyl sites for hydroxylation is 1. The number of hydrogen-bond acceptors (Lipinski definition) is 4. The van der Waals surface area contributed by atoms with Crippen molar-refractivity contribution in [1.29, 1.82) is 0 Å². The summed E-state index contributed by atoms with van der Waals surface area (Å²) >= 11 is 0. The van der Waals surface area contributed by atoms with E-state index in [0.29, 0.717) is 11.5 Å². The second-order valence-electron chi connectivity index (χ2n) is 7.31. The average Bonchev–Trinajstić information content (AvgIpc) is 3.55. The Morgan fingerprint density at radius 1 is 0.897 bits per heavy atom. The number of ether oxygens (including phenoxy) is 1. The number of oxime groups is 1. The first kappa shape index (κ1) is 18.9. The van der Waals surface area contributed by atoms with Crippen molar-refractivity contribution < 1.29 is 14.4 Å². The summed E-state index contributed by atoms with van der Waals surface area (Å²) in [5, 5.41) is 4.31. The number of rotatable bonds is 6. The molecule has 3 aromatic carbocycles. The van der Waals surface area contributed by atoms with Crippen molar-refractivity contribution in [1.82, 2.24) is 0 Å². The highest BCUT2D eigenvalue weighted by atomic mass is 16.7.